The summed E-state index contributed by atoms with van der Waals surface area (Å²) in [5.74, 6) is -0.291. The van der Waals surface area contributed by atoms with Gasteiger partial charge in [0.2, 0.25) is 0 Å². The second-order valence-electron chi connectivity index (χ2n) is 5.60. The first-order chi connectivity index (χ1) is 11.0. The van der Waals surface area contributed by atoms with E-state index in [4.69, 9.17) is 0 Å². The Labute approximate surface area is 161 Å². The van der Waals surface area contributed by atoms with E-state index in [1.807, 2.05) is 6.92 Å². The Kier molecular flexibility index (Phi) is 11.9. The van der Waals surface area contributed by atoms with Crippen molar-refractivity contribution in [1.29, 1.82) is 0 Å². The Hall–Kier alpha value is -0.960. The van der Waals surface area contributed by atoms with Crippen molar-refractivity contribution in [2.24, 2.45) is 4.99 Å². The number of halogens is 3. The molecule has 24 heavy (non-hydrogen) atoms. The van der Waals surface area contributed by atoms with Crippen LogP contribution in [-0.2, 0) is 6.54 Å². The largest absolute Gasteiger partial charge is 0.357 e. The van der Waals surface area contributed by atoms with Crippen LogP contribution in [0.1, 0.15) is 32.8 Å². The van der Waals surface area contributed by atoms with Gasteiger partial charge in [-0.05, 0) is 45.5 Å². The molecule has 0 bridgehead atoms. The van der Waals surface area contributed by atoms with E-state index in [-0.39, 0.29) is 36.1 Å². The van der Waals surface area contributed by atoms with Gasteiger partial charge in [0.1, 0.15) is 11.6 Å². The van der Waals surface area contributed by atoms with Crippen LogP contribution < -0.4 is 10.6 Å². The highest BCUT2D eigenvalue weighted by Crippen LogP contribution is 2.10. The molecule has 2 N–H and O–H groups in total. The minimum absolute atomic E-state index is 0. The van der Waals surface area contributed by atoms with E-state index in [1.54, 1.807) is 0 Å². The minimum Gasteiger partial charge on any atom is -0.357 e. The molecule has 0 aromatic heterocycles. The van der Waals surface area contributed by atoms with Crippen LogP contribution in [0.4, 0.5) is 8.78 Å². The average molecular weight is 454 g/mol. The zero-order valence-corrected chi connectivity index (χ0v) is 17.2. The second kappa shape index (κ2) is 12.4. The Morgan fingerprint density at radius 1 is 1.25 bits per heavy atom. The molecule has 1 rings (SSSR count). The molecule has 0 radical (unpaired) electrons. The molecule has 7 heteroatoms. The first-order valence-corrected chi connectivity index (χ1v) is 8.14. The number of aliphatic imine (C=N–C) groups is 1. The SMILES string of the molecule is CCNC(=NCc1cc(F)ccc1F)NCCN(C)C(C)CC.I. The van der Waals surface area contributed by atoms with E-state index < -0.39 is 11.6 Å². The maximum Gasteiger partial charge on any atom is 0.191 e. The zero-order valence-electron chi connectivity index (χ0n) is 14.9. The van der Waals surface area contributed by atoms with Crippen LogP contribution in [0.15, 0.2) is 23.2 Å². The van der Waals surface area contributed by atoms with Gasteiger partial charge < -0.3 is 15.5 Å². The van der Waals surface area contributed by atoms with Crippen LogP contribution in [0.25, 0.3) is 0 Å². The zero-order chi connectivity index (χ0) is 17.2. The van der Waals surface area contributed by atoms with Crippen molar-refractivity contribution < 1.29 is 8.78 Å². The van der Waals surface area contributed by atoms with Gasteiger partial charge in [0.25, 0.3) is 0 Å². The molecule has 4 nitrogen and oxygen atoms in total. The molecule has 0 saturated carbocycles. The van der Waals surface area contributed by atoms with Crippen molar-refractivity contribution in [3.8, 4) is 0 Å². The smallest absolute Gasteiger partial charge is 0.191 e. The molecule has 1 aromatic carbocycles. The number of likely N-dealkylation sites (N-methyl/N-ethyl adjacent to an activating group) is 1. The normalized spacial score (nSPS) is 12.7. The van der Waals surface area contributed by atoms with Crippen molar-refractivity contribution in [3.63, 3.8) is 0 Å². The maximum absolute atomic E-state index is 13.6. The summed E-state index contributed by atoms with van der Waals surface area (Å²) in [6.45, 7) is 8.73. The number of hydrogen-bond donors (Lipinski definition) is 2. The predicted octanol–water partition coefficient (Wildman–Crippen LogP) is 3.37. The molecule has 0 fully saturated rings. The van der Waals surface area contributed by atoms with Gasteiger partial charge in [0.15, 0.2) is 5.96 Å². The summed E-state index contributed by atoms with van der Waals surface area (Å²) in [7, 11) is 2.09. The van der Waals surface area contributed by atoms with Crippen LogP contribution in [0, 0.1) is 11.6 Å². The third kappa shape index (κ3) is 8.23. The fourth-order valence-corrected chi connectivity index (χ4v) is 2.05. The maximum atomic E-state index is 13.6. The topological polar surface area (TPSA) is 39.7 Å². The van der Waals surface area contributed by atoms with Gasteiger partial charge in [0, 0.05) is 31.2 Å². The number of rotatable bonds is 8. The van der Waals surface area contributed by atoms with E-state index in [0.29, 0.717) is 18.5 Å². The van der Waals surface area contributed by atoms with Crippen molar-refractivity contribution in [2.45, 2.75) is 39.8 Å². The van der Waals surface area contributed by atoms with Crippen molar-refractivity contribution in [1.82, 2.24) is 15.5 Å². The van der Waals surface area contributed by atoms with Crippen LogP contribution in [0.2, 0.25) is 0 Å². The van der Waals surface area contributed by atoms with Crippen molar-refractivity contribution in [2.75, 3.05) is 26.7 Å². The Morgan fingerprint density at radius 3 is 2.58 bits per heavy atom. The van der Waals surface area contributed by atoms with Gasteiger partial charge in [-0.2, -0.15) is 0 Å². The molecule has 0 aliphatic carbocycles. The fourth-order valence-electron chi connectivity index (χ4n) is 2.05. The standard InChI is InChI=1S/C17H28F2N4.HI/c1-5-13(3)23(4)10-9-21-17(20-6-2)22-12-14-11-15(18)7-8-16(14)19;/h7-8,11,13H,5-6,9-10,12H2,1-4H3,(H2,20,21,22);1H. The summed E-state index contributed by atoms with van der Waals surface area (Å²) in [6.07, 6.45) is 1.10. The van der Waals surface area contributed by atoms with E-state index in [0.717, 1.165) is 31.6 Å². The highest BCUT2D eigenvalue weighted by atomic mass is 127. The number of nitrogens with zero attached hydrogens (tertiary/aromatic N) is 2. The molecule has 1 unspecified atom stereocenters. The van der Waals surface area contributed by atoms with Gasteiger partial charge in [-0.25, -0.2) is 13.8 Å². The first kappa shape index (κ1) is 23.0. The van der Waals surface area contributed by atoms with Gasteiger partial charge in [-0.15, -0.1) is 24.0 Å². The van der Waals surface area contributed by atoms with Gasteiger partial charge in [-0.3, -0.25) is 0 Å². The highest BCUT2D eigenvalue weighted by Gasteiger charge is 2.07. The molecular formula is C17H29F2IN4. The second-order valence-corrected chi connectivity index (χ2v) is 5.60. The lowest BCUT2D eigenvalue weighted by Gasteiger charge is -2.24. The Bertz CT molecular complexity index is 511. The molecule has 0 aliphatic heterocycles. The van der Waals surface area contributed by atoms with E-state index in [9.17, 15) is 8.78 Å². The summed E-state index contributed by atoms with van der Waals surface area (Å²) >= 11 is 0. The third-order valence-electron chi connectivity index (χ3n) is 3.86. The van der Waals surface area contributed by atoms with E-state index in [1.165, 1.54) is 6.07 Å². The summed E-state index contributed by atoms with van der Waals surface area (Å²) in [5, 5.41) is 6.32. The molecule has 0 spiro atoms. The molecule has 0 heterocycles. The summed E-state index contributed by atoms with van der Waals surface area (Å²) in [5.41, 5.74) is 0.249. The molecule has 1 aromatic rings. The Morgan fingerprint density at radius 2 is 1.96 bits per heavy atom. The molecule has 1 atom stereocenters. The molecule has 138 valence electrons. The Balaban J connectivity index is 0.00000529. The first-order valence-electron chi connectivity index (χ1n) is 8.14. The van der Waals surface area contributed by atoms with Gasteiger partial charge in [-0.1, -0.05) is 6.92 Å². The summed E-state index contributed by atoms with van der Waals surface area (Å²) in [6, 6.07) is 3.94. The van der Waals surface area contributed by atoms with Crippen LogP contribution in [0.5, 0.6) is 0 Å². The van der Waals surface area contributed by atoms with E-state index in [2.05, 4.69) is 41.4 Å². The molecule has 0 aliphatic rings. The lowest BCUT2D eigenvalue weighted by atomic mass is 10.2. The summed E-state index contributed by atoms with van der Waals surface area (Å²) < 4.78 is 26.8. The lowest BCUT2D eigenvalue weighted by Crippen LogP contribution is -2.42. The summed E-state index contributed by atoms with van der Waals surface area (Å²) in [4.78, 5) is 6.58. The highest BCUT2D eigenvalue weighted by molar-refractivity contribution is 14.0. The number of hydrogen-bond acceptors (Lipinski definition) is 2. The molecular weight excluding hydrogens is 425 g/mol. The quantitative estimate of drug-likeness (QED) is 0.360. The monoisotopic (exact) mass is 454 g/mol. The number of benzene rings is 1. The number of guanidine groups is 1. The van der Waals surface area contributed by atoms with Gasteiger partial charge >= 0.3 is 0 Å². The minimum atomic E-state index is -0.454. The molecule has 0 saturated heterocycles. The molecule has 0 amide bonds. The van der Waals surface area contributed by atoms with E-state index >= 15 is 0 Å². The predicted molar refractivity (Wildman–Crippen MR) is 107 cm³/mol. The fraction of sp³-hybridized carbons (Fsp3) is 0.588. The average Bonchev–Trinajstić information content (AvgIpc) is 2.54. The van der Waals surface area contributed by atoms with Crippen molar-refractivity contribution >= 4 is 29.9 Å². The van der Waals surface area contributed by atoms with Crippen LogP contribution >= 0.6 is 24.0 Å². The van der Waals surface area contributed by atoms with Crippen molar-refractivity contribution in [3.05, 3.63) is 35.4 Å². The van der Waals surface area contributed by atoms with Gasteiger partial charge in [0.05, 0.1) is 6.54 Å². The van der Waals surface area contributed by atoms with Crippen LogP contribution in [0.3, 0.4) is 0 Å². The lowest BCUT2D eigenvalue weighted by molar-refractivity contribution is 0.255. The number of nitrogens with one attached hydrogen (secondary N) is 2. The van der Waals surface area contributed by atoms with Crippen LogP contribution in [-0.4, -0.2) is 43.6 Å². The third-order valence-corrected chi connectivity index (χ3v) is 3.86.